The zero-order chi connectivity index (χ0) is 10.7. The van der Waals surface area contributed by atoms with Crippen LogP contribution in [0.2, 0.25) is 0 Å². The summed E-state index contributed by atoms with van der Waals surface area (Å²) in [6, 6.07) is 3.28. The van der Waals surface area contributed by atoms with Crippen LogP contribution in [0.15, 0.2) is 16.6 Å². The third-order valence-electron chi connectivity index (χ3n) is 1.71. The van der Waals surface area contributed by atoms with Gasteiger partial charge in [-0.05, 0) is 12.1 Å². The lowest BCUT2D eigenvalue weighted by Crippen LogP contribution is -2.08. The maximum Gasteiger partial charge on any atom is 0.343 e. The van der Waals surface area contributed by atoms with E-state index < -0.39 is 5.97 Å². The van der Waals surface area contributed by atoms with Crippen LogP contribution in [0.1, 0.15) is 10.4 Å². The molecule has 0 fully saturated rings. The number of hydrogen-bond acceptors (Lipinski definition) is 4. The predicted molar refractivity (Wildman–Crippen MR) is 56.4 cm³/mol. The molecule has 0 bridgehead atoms. The molecule has 0 radical (unpaired) electrons. The van der Waals surface area contributed by atoms with Crippen molar-refractivity contribution >= 4 is 27.6 Å². The topological polar surface area (TPSA) is 61.5 Å². The standard InChI is InChI=1S/C9H10BrNO3/c1-13-7-4-5(10)3-6(11)8(7)9(12)14-2/h3-4H,11H2,1-2H3. The van der Waals surface area contributed by atoms with Gasteiger partial charge in [0.1, 0.15) is 11.3 Å². The zero-order valence-electron chi connectivity index (χ0n) is 7.83. The molecular formula is C9H10BrNO3. The molecule has 0 amide bonds. The predicted octanol–water partition coefficient (Wildman–Crippen LogP) is 1.83. The van der Waals surface area contributed by atoms with Crippen LogP contribution in [0.3, 0.4) is 0 Å². The fourth-order valence-corrected chi connectivity index (χ4v) is 1.54. The van der Waals surface area contributed by atoms with Crippen LogP contribution in [0, 0.1) is 0 Å². The molecule has 4 nitrogen and oxygen atoms in total. The first-order valence-corrected chi connectivity index (χ1v) is 4.60. The van der Waals surface area contributed by atoms with Crippen LogP contribution in [0.5, 0.6) is 5.75 Å². The van der Waals surface area contributed by atoms with Crippen LogP contribution in [0.25, 0.3) is 0 Å². The van der Waals surface area contributed by atoms with E-state index >= 15 is 0 Å². The third kappa shape index (κ3) is 1.98. The molecule has 0 saturated carbocycles. The van der Waals surface area contributed by atoms with Gasteiger partial charge < -0.3 is 15.2 Å². The van der Waals surface area contributed by atoms with Crippen molar-refractivity contribution in [2.75, 3.05) is 20.0 Å². The Morgan fingerprint density at radius 1 is 1.43 bits per heavy atom. The van der Waals surface area contributed by atoms with Crippen molar-refractivity contribution in [3.63, 3.8) is 0 Å². The Balaban J connectivity index is 3.32. The molecule has 5 heteroatoms. The van der Waals surface area contributed by atoms with Crippen molar-refractivity contribution in [1.82, 2.24) is 0 Å². The van der Waals surface area contributed by atoms with Gasteiger partial charge in [0.25, 0.3) is 0 Å². The first-order chi connectivity index (χ1) is 6.60. The van der Waals surface area contributed by atoms with Crippen molar-refractivity contribution in [2.45, 2.75) is 0 Å². The summed E-state index contributed by atoms with van der Waals surface area (Å²) in [6.07, 6.45) is 0. The molecular weight excluding hydrogens is 250 g/mol. The number of nitrogen functional groups attached to an aromatic ring is 1. The molecule has 1 aromatic rings. The summed E-state index contributed by atoms with van der Waals surface area (Å²) in [5.74, 6) is -0.115. The van der Waals surface area contributed by atoms with Crippen molar-refractivity contribution in [2.24, 2.45) is 0 Å². The lowest BCUT2D eigenvalue weighted by Gasteiger charge is -2.09. The van der Waals surface area contributed by atoms with E-state index in [0.717, 1.165) is 4.47 Å². The molecule has 14 heavy (non-hydrogen) atoms. The van der Waals surface area contributed by atoms with Crippen LogP contribution in [-0.4, -0.2) is 20.2 Å². The highest BCUT2D eigenvalue weighted by Gasteiger charge is 2.17. The first-order valence-electron chi connectivity index (χ1n) is 3.81. The van der Waals surface area contributed by atoms with Gasteiger partial charge in [0.05, 0.1) is 19.9 Å². The van der Waals surface area contributed by atoms with E-state index in [4.69, 9.17) is 10.5 Å². The molecule has 0 saturated heterocycles. The lowest BCUT2D eigenvalue weighted by atomic mass is 10.1. The summed E-state index contributed by atoms with van der Waals surface area (Å²) in [4.78, 5) is 11.3. The van der Waals surface area contributed by atoms with Gasteiger partial charge in [0.2, 0.25) is 0 Å². The summed E-state index contributed by atoms with van der Waals surface area (Å²) >= 11 is 3.25. The van der Waals surface area contributed by atoms with Crippen molar-refractivity contribution in [3.8, 4) is 5.75 Å². The number of nitrogens with two attached hydrogens (primary N) is 1. The molecule has 0 aliphatic rings. The Kier molecular flexibility index (Phi) is 3.35. The van der Waals surface area contributed by atoms with E-state index in [1.807, 2.05) is 0 Å². The molecule has 1 rings (SSSR count). The smallest absolute Gasteiger partial charge is 0.343 e. The average Bonchev–Trinajstić information content (AvgIpc) is 2.15. The van der Waals surface area contributed by atoms with E-state index in [9.17, 15) is 4.79 Å². The van der Waals surface area contributed by atoms with Gasteiger partial charge in [-0.2, -0.15) is 0 Å². The minimum absolute atomic E-state index is 0.248. The minimum atomic E-state index is -0.508. The summed E-state index contributed by atoms with van der Waals surface area (Å²) in [5, 5.41) is 0. The molecule has 0 aliphatic heterocycles. The zero-order valence-corrected chi connectivity index (χ0v) is 9.42. The lowest BCUT2D eigenvalue weighted by molar-refractivity contribution is 0.0598. The van der Waals surface area contributed by atoms with E-state index in [2.05, 4.69) is 20.7 Å². The van der Waals surface area contributed by atoms with Crippen LogP contribution in [-0.2, 0) is 4.74 Å². The normalized spacial score (nSPS) is 9.64. The van der Waals surface area contributed by atoms with Crippen LogP contribution < -0.4 is 10.5 Å². The van der Waals surface area contributed by atoms with E-state index in [-0.39, 0.29) is 5.56 Å². The van der Waals surface area contributed by atoms with Gasteiger partial charge in [0, 0.05) is 4.47 Å². The third-order valence-corrected chi connectivity index (χ3v) is 2.16. The number of benzene rings is 1. The first kappa shape index (κ1) is 10.8. The number of rotatable bonds is 2. The molecule has 0 aliphatic carbocycles. The number of ether oxygens (including phenoxy) is 2. The van der Waals surface area contributed by atoms with E-state index in [0.29, 0.717) is 11.4 Å². The monoisotopic (exact) mass is 259 g/mol. The van der Waals surface area contributed by atoms with E-state index in [1.54, 1.807) is 12.1 Å². The van der Waals surface area contributed by atoms with Gasteiger partial charge in [-0.15, -0.1) is 0 Å². The number of methoxy groups -OCH3 is 2. The molecule has 0 atom stereocenters. The summed E-state index contributed by atoms with van der Waals surface area (Å²) in [6.45, 7) is 0. The summed E-state index contributed by atoms with van der Waals surface area (Å²) in [7, 11) is 2.76. The van der Waals surface area contributed by atoms with Crippen molar-refractivity contribution < 1.29 is 14.3 Å². The second kappa shape index (κ2) is 4.32. The molecule has 1 aromatic carbocycles. The van der Waals surface area contributed by atoms with E-state index in [1.165, 1.54) is 14.2 Å². The molecule has 0 unspecified atom stereocenters. The number of carbonyl (C=O) groups is 1. The molecule has 2 N–H and O–H groups in total. The Labute approximate surface area is 90.1 Å². The SMILES string of the molecule is COC(=O)c1c(N)cc(Br)cc1OC. The Morgan fingerprint density at radius 2 is 2.07 bits per heavy atom. The Hall–Kier alpha value is -1.23. The largest absolute Gasteiger partial charge is 0.496 e. The second-order valence-corrected chi connectivity index (χ2v) is 3.48. The highest BCUT2D eigenvalue weighted by atomic mass is 79.9. The van der Waals surface area contributed by atoms with Gasteiger partial charge in [-0.1, -0.05) is 15.9 Å². The van der Waals surface area contributed by atoms with Gasteiger partial charge in [-0.25, -0.2) is 4.79 Å². The minimum Gasteiger partial charge on any atom is -0.496 e. The number of carbonyl (C=O) groups excluding carboxylic acids is 1. The van der Waals surface area contributed by atoms with Crippen LogP contribution in [0.4, 0.5) is 5.69 Å². The number of anilines is 1. The molecule has 0 spiro atoms. The molecule has 0 heterocycles. The number of halogens is 1. The molecule has 0 aromatic heterocycles. The molecule has 76 valence electrons. The fourth-order valence-electron chi connectivity index (χ4n) is 1.08. The maximum absolute atomic E-state index is 11.3. The van der Waals surface area contributed by atoms with Crippen LogP contribution >= 0.6 is 15.9 Å². The van der Waals surface area contributed by atoms with Crippen molar-refractivity contribution in [3.05, 3.63) is 22.2 Å². The highest BCUT2D eigenvalue weighted by molar-refractivity contribution is 9.10. The Morgan fingerprint density at radius 3 is 2.57 bits per heavy atom. The second-order valence-electron chi connectivity index (χ2n) is 2.56. The average molecular weight is 260 g/mol. The number of hydrogen-bond donors (Lipinski definition) is 1. The van der Waals surface area contributed by atoms with Gasteiger partial charge in [-0.3, -0.25) is 0 Å². The van der Waals surface area contributed by atoms with Gasteiger partial charge in [0.15, 0.2) is 0 Å². The fraction of sp³-hybridized carbons (Fsp3) is 0.222. The van der Waals surface area contributed by atoms with Gasteiger partial charge >= 0.3 is 5.97 Å². The summed E-state index contributed by atoms with van der Waals surface area (Å²) in [5.41, 5.74) is 6.23. The highest BCUT2D eigenvalue weighted by Crippen LogP contribution is 2.29. The quantitative estimate of drug-likeness (QED) is 0.650. The van der Waals surface area contributed by atoms with Crippen molar-refractivity contribution in [1.29, 1.82) is 0 Å². The summed E-state index contributed by atoms with van der Waals surface area (Å²) < 4.78 is 10.4. The Bertz CT molecular complexity index is 365. The maximum atomic E-state index is 11.3. The number of esters is 1.